The Hall–Kier alpha value is -1.44. The van der Waals surface area contributed by atoms with E-state index in [1.165, 1.54) is 25.0 Å². The minimum absolute atomic E-state index is 0.120. The molecule has 2 fully saturated rings. The largest absolute Gasteiger partial charge is 0.348 e. The van der Waals surface area contributed by atoms with E-state index in [4.69, 9.17) is 0 Å². The van der Waals surface area contributed by atoms with Gasteiger partial charge in [0, 0.05) is 36.8 Å². The summed E-state index contributed by atoms with van der Waals surface area (Å²) < 4.78 is 27.0. The van der Waals surface area contributed by atoms with Gasteiger partial charge >= 0.3 is 0 Å². The highest BCUT2D eigenvalue weighted by Crippen LogP contribution is 2.29. The predicted molar refractivity (Wildman–Crippen MR) is 92.4 cm³/mol. The van der Waals surface area contributed by atoms with Crippen LogP contribution in [0.3, 0.4) is 0 Å². The molecule has 132 valence electrons. The standard InChI is InChI=1S/C17H25N3O3S/c1-12(2)19-24(22,23)16-5-3-4-13(10-16)17(21)18-14-8-9-20(11-14)15-6-7-15/h3-5,10,12,14-15,19H,6-9,11H2,1-2H3,(H,18,21). The first-order valence-corrected chi connectivity index (χ1v) is 10.0. The number of nitrogens with zero attached hydrogens (tertiary/aromatic N) is 1. The van der Waals surface area contributed by atoms with E-state index in [1.54, 1.807) is 26.0 Å². The maximum atomic E-state index is 12.4. The molecule has 6 nitrogen and oxygen atoms in total. The van der Waals surface area contributed by atoms with Gasteiger partial charge in [-0.05, 0) is 51.3 Å². The maximum Gasteiger partial charge on any atom is 0.251 e. The zero-order chi connectivity index (χ0) is 17.3. The number of nitrogens with one attached hydrogen (secondary N) is 2. The van der Waals surface area contributed by atoms with E-state index < -0.39 is 10.0 Å². The first-order chi connectivity index (χ1) is 11.3. The van der Waals surface area contributed by atoms with Gasteiger partial charge < -0.3 is 5.32 Å². The molecule has 1 saturated heterocycles. The summed E-state index contributed by atoms with van der Waals surface area (Å²) in [4.78, 5) is 15.0. The van der Waals surface area contributed by atoms with Crippen molar-refractivity contribution in [1.82, 2.24) is 14.9 Å². The molecule has 1 atom stereocenters. The molecule has 0 radical (unpaired) electrons. The maximum absolute atomic E-state index is 12.4. The van der Waals surface area contributed by atoms with Gasteiger partial charge in [0.1, 0.15) is 0 Å². The molecule has 2 N–H and O–H groups in total. The zero-order valence-electron chi connectivity index (χ0n) is 14.2. The summed E-state index contributed by atoms with van der Waals surface area (Å²) in [5.74, 6) is -0.209. The number of carbonyl (C=O) groups is 1. The van der Waals surface area contributed by atoms with Crippen LogP contribution < -0.4 is 10.0 Å². The monoisotopic (exact) mass is 351 g/mol. The lowest BCUT2D eigenvalue weighted by molar-refractivity contribution is 0.0937. The first-order valence-electron chi connectivity index (χ1n) is 8.52. The molecule has 7 heteroatoms. The predicted octanol–water partition coefficient (Wildman–Crippen LogP) is 1.34. The average Bonchev–Trinajstić information content (AvgIpc) is 3.26. The Morgan fingerprint density at radius 3 is 2.67 bits per heavy atom. The van der Waals surface area contributed by atoms with Crippen LogP contribution >= 0.6 is 0 Å². The van der Waals surface area contributed by atoms with Crippen molar-refractivity contribution < 1.29 is 13.2 Å². The second-order valence-electron chi connectivity index (χ2n) is 6.99. The summed E-state index contributed by atoms with van der Waals surface area (Å²) in [5.41, 5.74) is 0.381. The van der Waals surface area contributed by atoms with E-state index in [0.717, 1.165) is 19.5 Å². The van der Waals surface area contributed by atoms with Gasteiger partial charge in [0.2, 0.25) is 10.0 Å². The highest BCUT2D eigenvalue weighted by molar-refractivity contribution is 7.89. The number of likely N-dealkylation sites (tertiary alicyclic amines) is 1. The summed E-state index contributed by atoms with van der Waals surface area (Å²) in [6, 6.07) is 6.86. The van der Waals surface area contributed by atoms with Gasteiger partial charge in [-0.3, -0.25) is 9.69 Å². The molecule has 1 aliphatic heterocycles. The Morgan fingerprint density at radius 2 is 2.00 bits per heavy atom. The summed E-state index contributed by atoms with van der Waals surface area (Å²) in [7, 11) is -3.59. The van der Waals surface area contributed by atoms with Gasteiger partial charge in [0.15, 0.2) is 0 Å². The van der Waals surface area contributed by atoms with Crippen LogP contribution in [-0.4, -0.2) is 50.4 Å². The molecule has 3 rings (SSSR count). The number of rotatable bonds is 6. The fourth-order valence-corrected chi connectivity index (χ4v) is 4.42. The van der Waals surface area contributed by atoms with Gasteiger partial charge in [0.25, 0.3) is 5.91 Å². The van der Waals surface area contributed by atoms with E-state index in [9.17, 15) is 13.2 Å². The third kappa shape index (κ3) is 4.15. The summed E-state index contributed by atoms with van der Waals surface area (Å²) in [6.07, 6.45) is 3.49. The minimum atomic E-state index is -3.59. The average molecular weight is 351 g/mol. The van der Waals surface area contributed by atoms with E-state index in [2.05, 4.69) is 14.9 Å². The molecular weight excluding hydrogens is 326 g/mol. The van der Waals surface area contributed by atoms with Crippen LogP contribution in [0.25, 0.3) is 0 Å². The van der Waals surface area contributed by atoms with Crippen molar-refractivity contribution >= 4 is 15.9 Å². The van der Waals surface area contributed by atoms with Crippen LogP contribution in [0.4, 0.5) is 0 Å². The van der Waals surface area contributed by atoms with E-state index in [-0.39, 0.29) is 22.9 Å². The second-order valence-corrected chi connectivity index (χ2v) is 8.70. The molecule has 0 spiro atoms. The smallest absolute Gasteiger partial charge is 0.251 e. The zero-order valence-corrected chi connectivity index (χ0v) is 15.0. The highest BCUT2D eigenvalue weighted by atomic mass is 32.2. The summed E-state index contributed by atoms with van der Waals surface area (Å²) in [6.45, 7) is 5.45. The lowest BCUT2D eigenvalue weighted by atomic mass is 10.2. The van der Waals surface area contributed by atoms with E-state index in [1.807, 2.05) is 0 Å². The third-order valence-electron chi connectivity index (χ3n) is 4.42. The Kier molecular flexibility index (Phi) is 4.94. The van der Waals surface area contributed by atoms with Gasteiger partial charge in [-0.1, -0.05) is 6.07 Å². The molecule has 1 aromatic rings. The van der Waals surface area contributed by atoms with Crippen molar-refractivity contribution in [2.75, 3.05) is 13.1 Å². The number of benzene rings is 1. The van der Waals surface area contributed by atoms with Crippen LogP contribution in [0.15, 0.2) is 29.2 Å². The Labute approximate surface area is 143 Å². The molecule has 1 aliphatic carbocycles. The molecule has 0 bridgehead atoms. The molecule has 0 aromatic heterocycles. The van der Waals surface area contributed by atoms with Gasteiger partial charge in [-0.2, -0.15) is 0 Å². The van der Waals surface area contributed by atoms with Gasteiger partial charge in [-0.15, -0.1) is 0 Å². The van der Waals surface area contributed by atoms with Crippen LogP contribution in [0.2, 0.25) is 0 Å². The summed E-state index contributed by atoms with van der Waals surface area (Å²) >= 11 is 0. The van der Waals surface area contributed by atoms with Crippen LogP contribution in [0.5, 0.6) is 0 Å². The molecule has 1 saturated carbocycles. The molecule has 24 heavy (non-hydrogen) atoms. The Morgan fingerprint density at radius 1 is 1.25 bits per heavy atom. The van der Waals surface area contributed by atoms with Crippen LogP contribution in [0, 0.1) is 0 Å². The van der Waals surface area contributed by atoms with Crippen molar-refractivity contribution in [2.24, 2.45) is 0 Å². The van der Waals surface area contributed by atoms with Crippen molar-refractivity contribution in [3.8, 4) is 0 Å². The molecule has 2 aliphatic rings. The minimum Gasteiger partial charge on any atom is -0.348 e. The highest BCUT2D eigenvalue weighted by Gasteiger charge is 2.34. The van der Waals surface area contributed by atoms with Crippen molar-refractivity contribution in [1.29, 1.82) is 0 Å². The molecule has 1 amide bonds. The Bertz CT molecular complexity index is 714. The third-order valence-corrected chi connectivity index (χ3v) is 6.07. The second kappa shape index (κ2) is 6.82. The fourth-order valence-electron chi connectivity index (χ4n) is 3.13. The van der Waals surface area contributed by atoms with Crippen molar-refractivity contribution in [3.05, 3.63) is 29.8 Å². The molecule has 1 heterocycles. The lowest BCUT2D eigenvalue weighted by Gasteiger charge is -2.16. The number of hydrogen-bond donors (Lipinski definition) is 2. The summed E-state index contributed by atoms with van der Waals surface area (Å²) in [5, 5.41) is 3.03. The number of amides is 1. The molecule has 1 unspecified atom stereocenters. The number of carbonyl (C=O) groups excluding carboxylic acids is 1. The fraction of sp³-hybridized carbons (Fsp3) is 0.588. The molecular formula is C17H25N3O3S. The normalized spacial score (nSPS) is 22.0. The van der Waals surface area contributed by atoms with E-state index in [0.29, 0.717) is 11.6 Å². The SMILES string of the molecule is CC(C)NS(=O)(=O)c1cccc(C(=O)NC2CCN(C3CC3)C2)c1. The van der Waals surface area contributed by atoms with Crippen molar-refractivity contribution in [3.63, 3.8) is 0 Å². The number of sulfonamides is 1. The van der Waals surface area contributed by atoms with Crippen molar-refractivity contribution in [2.45, 2.75) is 56.1 Å². The van der Waals surface area contributed by atoms with Crippen LogP contribution in [-0.2, 0) is 10.0 Å². The topological polar surface area (TPSA) is 78.5 Å². The molecule has 1 aromatic carbocycles. The van der Waals surface area contributed by atoms with Gasteiger partial charge in [-0.25, -0.2) is 13.1 Å². The van der Waals surface area contributed by atoms with Gasteiger partial charge in [0.05, 0.1) is 4.90 Å². The Balaban J connectivity index is 1.66. The van der Waals surface area contributed by atoms with Crippen LogP contribution in [0.1, 0.15) is 43.5 Å². The quantitative estimate of drug-likeness (QED) is 0.811. The lowest BCUT2D eigenvalue weighted by Crippen LogP contribution is -2.37. The number of hydrogen-bond acceptors (Lipinski definition) is 4. The van der Waals surface area contributed by atoms with E-state index >= 15 is 0 Å². The first kappa shape index (κ1) is 17.4.